The molecule has 0 aromatic heterocycles. The summed E-state index contributed by atoms with van der Waals surface area (Å²) in [5, 5.41) is 0. The van der Waals surface area contributed by atoms with Crippen LogP contribution in [0.3, 0.4) is 0 Å². The summed E-state index contributed by atoms with van der Waals surface area (Å²) in [6.45, 7) is 4.28. The first-order valence-electron chi connectivity index (χ1n) is 6.98. The molecule has 1 fully saturated rings. The van der Waals surface area contributed by atoms with Gasteiger partial charge in [0.25, 0.3) is 5.91 Å². The van der Waals surface area contributed by atoms with Crippen molar-refractivity contribution in [2.75, 3.05) is 19.7 Å². The lowest BCUT2D eigenvalue weighted by molar-refractivity contribution is 0.0791. The summed E-state index contributed by atoms with van der Waals surface area (Å²) in [6.07, 6.45) is 3.06. The molecule has 0 aliphatic carbocycles. The summed E-state index contributed by atoms with van der Waals surface area (Å²) in [5.41, 5.74) is 6.52. The predicted octanol–water partition coefficient (Wildman–Crippen LogP) is 2.04. The highest BCUT2D eigenvalue weighted by Gasteiger charge is 2.24. The molecule has 0 bridgehead atoms. The van der Waals surface area contributed by atoms with Crippen LogP contribution in [0.5, 0.6) is 5.75 Å². The molecule has 4 heteroatoms. The average molecular weight is 262 g/mol. The molecule has 104 valence electrons. The van der Waals surface area contributed by atoms with Gasteiger partial charge in [0.2, 0.25) is 0 Å². The molecule has 0 radical (unpaired) electrons. The number of carbonyl (C=O) groups is 1. The van der Waals surface area contributed by atoms with Gasteiger partial charge in [-0.2, -0.15) is 0 Å². The molecule has 1 aromatic carbocycles. The molecular weight excluding hydrogens is 240 g/mol. The highest BCUT2D eigenvalue weighted by atomic mass is 16.5. The van der Waals surface area contributed by atoms with E-state index in [1.54, 1.807) is 0 Å². The van der Waals surface area contributed by atoms with Gasteiger partial charge in [0, 0.05) is 24.7 Å². The van der Waals surface area contributed by atoms with Crippen molar-refractivity contribution in [2.45, 2.75) is 32.2 Å². The summed E-state index contributed by atoms with van der Waals surface area (Å²) in [6, 6.07) is 7.50. The van der Waals surface area contributed by atoms with Crippen molar-refractivity contribution in [1.82, 2.24) is 4.90 Å². The van der Waals surface area contributed by atoms with E-state index in [2.05, 4.69) is 6.92 Å². The van der Waals surface area contributed by atoms with E-state index >= 15 is 0 Å². The van der Waals surface area contributed by atoms with Crippen LogP contribution in [0.4, 0.5) is 0 Å². The topological polar surface area (TPSA) is 55.6 Å². The van der Waals surface area contributed by atoms with Gasteiger partial charge >= 0.3 is 0 Å². The van der Waals surface area contributed by atoms with Crippen molar-refractivity contribution in [3.63, 3.8) is 0 Å². The normalized spacial score (nSPS) is 18.6. The zero-order chi connectivity index (χ0) is 13.7. The zero-order valence-electron chi connectivity index (χ0n) is 11.5. The van der Waals surface area contributed by atoms with Crippen molar-refractivity contribution < 1.29 is 9.53 Å². The van der Waals surface area contributed by atoms with Crippen LogP contribution in [0.25, 0.3) is 0 Å². The Morgan fingerprint density at radius 2 is 2.16 bits per heavy atom. The Labute approximate surface area is 114 Å². The van der Waals surface area contributed by atoms with Crippen LogP contribution in [-0.2, 0) is 0 Å². The fraction of sp³-hybridized carbons (Fsp3) is 0.533. The zero-order valence-corrected chi connectivity index (χ0v) is 11.5. The molecule has 1 atom stereocenters. The molecule has 1 saturated heterocycles. The van der Waals surface area contributed by atoms with Gasteiger partial charge in [0.15, 0.2) is 0 Å². The van der Waals surface area contributed by atoms with E-state index in [4.69, 9.17) is 10.5 Å². The quantitative estimate of drug-likeness (QED) is 0.826. The van der Waals surface area contributed by atoms with Gasteiger partial charge < -0.3 is 15.4 Å². The molecule has 0 spiro atoms. The number of likely N-dealkylation sites (tertiary alicyclic amines) is 1. The number of amides is 1. The minimum atomic E-state index is 0.0630. The Kier molecular flexibility index (Phi) is 4.80. The van der Waals surface area contributed by atoms with Crippen LogP contribution in [0.1, 0.15) is 36.5 Å². The van der Waals surface area contributed by atoms with Crippen LogP contribution < -0.4 is 10.5 Å². The SMILES string of the molecule is CCCCOc1ccc(C(=O)N2CC[C@@H](N)C2)cc1. The lowest BCUT2D eigenvalue weighted by Crippen LogP contribution is -2.31. The fourth-order valence-electron chi connectivity index (χ4n) is 2.18. The van der Waals surface area contributed by atoms with Crippen LogP contribution in [0.15, 0.2) is 24.3 Å². The number of benzene rings is 1. The third-order valence-corrected chi connectivity index (χ3v) is 3.38. The molecule has 1 aromatic rings. The first-order valence-corrected chi connectivity index (χ1v) is 6.98. The molecule has 2 rings (SSSR count). The van der Waals surface area contributed by atoms with Gasteiger partial charge in [-0.1, -0.05) is 13.3 Å². The second-order valence-electron chi connectivity index (χ2n) is 5.03. The molecule has 2 N–H and O–H groups in total. The molecule has 1 heterocycles. The number of ether oxygens (including phenoxy) is 1. The van der Waals surface area contributed by atoms with Gasteiger partial charge in [-0.25, -0.2) is 0 Å². The number of rotatable bonds is 5. The average Bonchev–Trinajstić information content (AvgIpc) is 2.86. The Morgan fingerprint density at radius 1 is 1.42 bits per heavy atom. The van der Waals surface area contributed by atoms with E-state index < -0.39 is 0 Å². The largest absolute Gasteiger partial charge is 0.494 e. The maximum absolute atomic E-state index is 12.2. The number of nitrogens with zero attached hydrogens (tertiary/aromatic N) is 1. The lowest BCUT2D eigenvalue weighted by atomic mass is 10.2. The molecule has 1 amide bonds. The minimum Gasteiger partial charge on any atom is -0.494 e. The minimum absolute atomic E-state index is 0.0630. The van der Waals surface area contributed by atoms with Gasteiger partial charge in [-0.05, 0) is 37.1 Å². The second kappa shape index (κ2) is 6.57. The molecule has 1 aliphatic heterocycles. The second-order valence-corrected chi connectivity index (χ2v) is 5.03. The Balaban J connectivity index is 1.92. The van der Waals surface area contributed by atoms with Gasteiger partial charge in [0.1, 0.15) is 5.75 Å². The summed E-state index contributed by atoms with van der Waals surface area (Å²) in [4.78, 5) is 14.0. The van der Waals surface area contributed by atoms with Crippen molar-refractivity contribution in [3.05, 3.63) is 29.8 Å². The fourth-order valence-corrected chi connectivity index (χ4v) is 2.18. The van der Waals surface area contributed by atoms with Crippen molar-refractivity contribution >= 4 is 5.91 Å². The van der Waals surface area contributed by atoms with E-state index in [0.29, 0.717) is 12.1 Å². The number of unbranched alkanes of at least 4 members (excludes halogenated alkanes) is 1. The van der Waals surface area contributed by atoms with E-state index in [1.165, 1.54) is 0 Å². The van der Waals surface area contributed by atoms with Gasteiger partial charge in [0.05, 0.1) is 6.61 Å². The first-order chi connectivity index (χ1) is 9.20. The van der Waals surface area contributed by atoms with Gasteiger partial charge in [-0.15, -0.1) is 0 Å². The maximum atomic E-state index is 12.2. The van der Waals surface area contributed by atoms with Crippen molar-refractivity contribution in [3.8, 4) is 5.75 Å². The number of hydrogen-bond acceptors (Lipinski definition) is 3. The molecular formula is C15H22N2O2. The molecule has 19 heavy (non-hydrogen) atoms. The molecule has 4 nitrogen and oxygen atoms in total. The summed E-state index contributed by atoms with van der Waals surface area (Å²) in [7, 11) is 0. The number of carbonyl (C=O) groups excluding carboxylic acids is 1. The van der Waals surface area contributed by atoms with Crippen LogP contribution in [0.2, 0.25) is 0 Å². The Hall–Kier alpha value is -1.55. The Bertz CT molecular complexity index is 417. The Morgan fingerprint density at radius 3 is 2.74 bits per heavy atom. The predicted molar refractivity (Wildman–Crippen MR) is 75.3 cm³/mol. The first kappa shape index (κ1) is 13.9. The van der Waals surface area contributed by atoms with Gasteiger partial charge in [-0.3, -0.25) is 4.79 Å². The summed E-state index contributed by atoms with van der Waals surface area (Å²) < 4.78 is 5.58. The van der Waals surface area contributed by atoms with Crippen LogP contribution in [0, 0.1) is 0 Å². The molecule has 0 unspecified atom stereocenters. The monoisotopic (exact) mass is 262 g/mol. The lowest BCUT2D eigenvalue weighted by Gasteiger charge is -2.16. The van der Waals surface area contributed by atoms with Crippen LogP contribution >= 0.6 is 0 Å². The number of nitrogens with two attached hydrogens (primary N) is 1. The summed E-state index contributed by atoms with van der Waals surface area (Å²) >= 11 is 0. The smallest absolute Gasteiger partial charge is 0.253 e. The van der Waals surface area contributed by atoms with E-state index in [-0.39, 0.29) is 11.9 Å². The number of hydrogen-bond donors (Lipinski definition) is 1. The maximum Gasteiger partial charge on any atom is 0.253 e. The van der Waals surface area contributed by atoms with E-state index in [1.807, 2.05) is 29.2 Å². The molecule has 1 aliphatic rings. The summed E-state index contributed by atoms with van der Waals surface area (Å²) in [5.74, 6) is 0.885. The highest BCUT2D eigenvalue weighted by Crippen LogP contribution is 2.16. The highest BCUT2D eigenvalue weighted by molar-refractivity contribution is 5.94. The van der Waals surface area contributed by atoms with Crippen LogP contribution in [-0.4, -0.2) is 36.5 Å². The van der Waals surface area contributed by atoms with E-state index in [9.17, 15) is 4.79 Å². The standard InChI is InChI=1S/C15H22N2O2/c1-2-3-10-19-14-6-4-12(5-7-14)15(18)17-9-8-13(16)11-17/h4-7,13H,2-3,8-11,16H2,1H3/t13-/m1/s1. The molecule has 0 saturated carbocycles. The third kappa shape index (κ3) is 3.70. The van der Waals surface area contributed by atoms with E-state index in [0.717, 1.165) is 38.2 Å². The third-order valence-electron chi connectivity index (χ3n) is 3.38. The van der Waals surface area contributed by atoms with Crippen molar-refractivity contribution in [1.29, 1.82) is 0 Å². The van der Waals surface area contributed by atoms with Crippen molar-refractivity contribution in [2.24, 2.45) is 5.73 Å².